The van der Waals surface area contributed by atoms with Gasteiger partial charge in [-0.15, -0.1) is 0 Å². The van der Waals surface area contributed by atoms with Crippen molar-refractivity contribution < 1.29 is 17.6 Å². The summed E-state index contributed by atoms with van der Waals surface area (Å²) in [6.45, 7) is 6.03. The van der Waals surface area contributed by atoms with Crippen LogP contribution in [0.5, 0.6) is 0 Å². The van der Waals surface area contributed by atoms with Crippen LogP contribution in [0.1, 0.15) is 19.3 Å². The molecule has 4 aliphatic rings. The van der Waals surface area contributed by atoms with Crippen LogP contribution in [0.4, 0.5) is 13.2 Å². The molecule has 112 valence electrons. The molecule has 4 rings (SSSR count). The number of halogens is 3. The Kier molecular flexibility index (Phi) is 2.25. The van der Waals surface area contributed by atoms with Gasteiger partial charge in [-0.1, -0.05) is 18.6 Å². The second-order valence-corrected chi connectivity index (χ2v) is 12.4. The van der Waals surface area contributed by atoms with Gasteiger partial charge in [0, 0.05) is 11.8 Å². The van der Waals surface area contributed by atoms with Crippen LogP contribution in [0.25, 0.3) is 0 Å². The van der Waals surface area contributed by atoms with Gasteiger partial charge in [-0.2, -0.15) is 13.2 Å². The quantitative estimate of drug-likeness (QED) is 0.543. The smallest absolute Gasteiger partial charge is 0.400 e. The minimum atomic E-state index is -4.17. The zero-order chi connectivity index (χ0) is 14.6. The van der Waals surface area contributed by atoms with E-state index < -0.39 is 25.5 Å². The van der Waals surface area contributed by atoms with Crippen molar-refractivity contribution in [2.45, 2.75) is 50.7 Å². The molecule has 0 amide bonds. The van der Waals surface area contributed by atoms with Crippen LogP contribution in [0.2, 0.25) is 19.6 Å². The second kappa shape index (κ2) is 3.37. The van der Waals surface area contributed by atoms with Crippen LogP contribution in [0.3, 0.4) is 0 Å². The van der Waals surface area contributed by atoms with Crippen LogP contribution in [-0.2, 0) is 4.43 Å². The molecule has 0 aromatic rings. The van der Waals surface area contributed by atoms with E-state index in [1.807, 2.05) is 25.7 Å². The molecule has 6 atom stereocenters. The number of fused-ring (bicyclic) bond motifs is 4. The van der Waals surface area contributed by atoms with E-state index in [0.717, 1.165) is 19.3 Å². The standard InChI is InChI=1S/C15H21F3OSi/c1-20(2,3)19-14-11-7-8-13(14,15(16,17)18)12(14)10-6-4-5-9(10)11/h7-12H,4-6H2,1-3H3. The topological polar surface area (TPSA) is 9.23 Å². The Balaban J connectivity index is 1.81. The summed E-state index contributed by atoms with van der Waals surface area (Å²) in [4.78, 5) is 0. The average molecular weight is 302 g/mol. The lowest BCUT2D eigenvalue weighted by Gasteiger charge is -2.34. The number of alkyl halides is 3. The molecule has 3 saturated carbocycles. The molecule has 5 heteroatoms. The summed E-state index contributed by atoms with van der Waals surface area (Å²) in [5.41, 5.74) is -2.58. The minimum Gasteiger partial charge on any atom is -0.410 e. The van der Waals surface area contributed by atoms with Gasteiger partial charge >= 0.3 is 6.18 Å². The molecule has 4 aliphatic carbocycles. The van der Waals surface area contributed by atoms with Gasteiger partial charge in [0.25, 0.3) is 0 Å². The molecule has 0 spiro atoms. The molecule has 3 fully saturated rings. The van der Waals surface area contributed by atoms with Gasteiger partial charge in [0.1, 0.15) is 5.41 Å². The average Bonchev–Trinajstić information content (AvgIpc) is 2.62. The van der Waals surface area contributed by atoms with Crippen LogP contribution in [0.15, 0.2) is 12.2 Å². The first-order chi connectivity index (χ1) is 9.15. The van der Waals surface area contributed by atoms with Gasteiger partial charge in [0.15, 0.2) is 8.32 Å². The Labute approximate surface area is 118 Å². The summed E-state index contributed by atoms with van der Waals surface area (Å²) in [5.74, 6) is 0.371. The van der Waals surface area contributed by atoms with E-state index in [-0.39, 0.29) is 17.8 Å². The lowest BCUT2D eigenvalue weighted by molar-refractivity contribution is -0.195. The summed E-state index contributed by atoms with van der Waals surface area (Å²) in [7, 11) is -2.01. The third-order valence-electron chi connectivity index (χ3n) is 6.04. The number of rotatable bonds is 2. The third kappa shape index (κ3) is 1.22. The molecule has 0 aromatic heterocycles. The van der Waals surface area contributed by atoms with E-state index in [0.29, 0.717) is 5.92 Å². The van der Waals surface area contributed by atoms with E-state index in [9.17, 15) is 13.2 Å². The third-order valence-corrected chi connectivity index (χ3v) is 6.99. The predicted octanol–water partition coefficient (Wildman–Crippen LogP) is 4.37. The maximum atomic E-state index is 13.8. The summed E-state index contributed by atoms with van der Waals surface area (Å²) in [6.07, 6.45) is 2.28. The fourth-order valence-electron chi connectivity index (χ4n) is 5.85. The minimum absolute atomic E-state index is 0.00773. The first-order valence-electron chi connectivity index (χ1n) is 7.61. The van der Waals surface area contributed by atoms with Crippen LogP contribution in [0, 0.1) is 29.1 Å². The van der Waals surface area contributed by atoms with E-state index in [2.05, 4.69) is 0 Å². The second-order valence-electron chi connectivity index (χ2n) is 8.00. The van der Waals surface area contributed by atoms with Crippen molar-refractivity contribution in [1.29, 1.82) is 0 Å². The molecule has 0 N–H and O–H groups in total. The molecule has 0 radical (unpaired) electrons. The highest BCUT2D eigenvalue weighted by atomic mass is 28.4. The Morgan fingerprint density at radius 3 is 2.40 bits per heavy atom. The summed E-state index contributed by atoms with van der Waals surface area (Å²) >= 11 is 0. The zero-order valence-corrected chi connectivity index (χ0v) is 13.1. The molecule has 0 saturated heterocycles. The monoisotopic (exact) mass is 302 g/mol. The Hall–Kier alpha value is -0.293. The lowest BCUT2D eigenvalue weighted by Crippen LogP contribution is -2.43. The van der Waals surface area contributed by atoms with Gasteiger partial charge in [-0.25, -0.2) is 0 Å². The fraction of sp³-hybridized carbons (Fsp3) is 0.867. The van der Waals surface area contributed by atoms with Gasteiger partial charge in [-0.3, -0.25) is 0 Å². The maximum absolute atomic E-state index is 13.8. The van der Waals surface area contributed by atoms with Crippen molar-refractivity contribution in [2.24, 2.45) is 29.1 Å². The van der Waals surface area contributed by atoms with E-state index in [4.69, 9.17) is 4.43 Å². The Morgan fingerprint density at radius 1 is 1.15 bits per heavy atom. The highest BCUT2D eigenvalue weighted by Gasteiger charge is 2.95. The van der Waals surface area contributed by atoms with Crippen molar-refractivity contribution in [3.05, 3.63) is 12.2 Å². The largest absolute Gasteiger partial charge is 0.410 e. The van der Waals surface area contributed by atoms with Crippen LogP contribution < -0.4 is 0 Å². The molecular weight excluding hydrogens is 281 g/mol. The first kappa shape index (κ1) is 13.4. The van der Waals surface area contributed by atoms with Crippen LogP contribution >= 0.6 is 0 Å². The van der Waals surface area contributed by atoms with Crippen molar-refractivity contribution in [2.75, 3.05) is 0 Å². The summed E-state index contributed by atoms with van der Waals surface area (Å²) < 4.78 is 47.7. The normalized spacial score (nSPS) is 52.3. The van der Waals surface area contributed by atoms with Crippen LogP contribution in [-0.4, -0.2) is 20.1 Å². The molecule has 0 aliphatic heterocycles. The van der Waals surface area contributed by atoms with Gasteiger partial charge in [0.05, 0.1) is 5.60 Å². The molecule has 0 bridgehead atoms. The molecular formula is C15H21F3OSi. The highest BCUT2D eigenvalue weighted by Crippen LogP contribution is 2.87. The Morgan fingerprint density at radius 2 is 1.80 bits per heavy atom. The highest BCUT2D eigenvalue weighted by molar-refractivity contribution is 6.69. The SMILES string of the molecule is C[Si](C)(C)OC12C3C=CC1(C(F)(F)F)C2C1CCCC13. The molecule has 20 heavy (non-hydrogen) atoms. The number of hydrogen-bond donors (Lipinski definition) is 0. The van der Waals surface area contributed by atoms with Crippen molar-refractivity contribution in [1.82, 2.24) is 0 Å². The first-order valence-corrected chi connectivity index (χ1v) is 11.0. The predicted molar refractivity (Wildman–Crippen MR) is 72.6 cm³/mol. The van der Waals surface area contributed by atoms with Crippen molar-refractivity contribution in [3.63, 3.8) is 0 Å². The molecule has 6 unspecified atom stereocenters. The molecule has 0 aromatic carbocycles. The lowest BCUT2D eigenvalue weighted by atomic mass is 9.82. The maximum Gasteiger partial charge on any atom is 0.400 e. The van der Waals surface area contributed by atoms with Crippen molar-refractivity contribution >= 4 is 8.32 Å². The van der Waals surface area contributed by atoms with E-state index in [1.54, 1.807) is 0 Å². The zero-order valence-electron chi connectivity index (χ0n) is 12.1. The van der Waals surface area contributed by atoms with Gasteiger partial charge < -0.3 is 4.43 Å². The van der Waals surface area contributed by atoms with Crippen molar-refractivity contribution in [3.8, 4) is 0 Å². The fourth-order valence-corrected chi connectivity index (χ4v) is 7.29. The van der Waals surface area contributed by atoms with E-state index in [1.165, 1.54) is 6.08 Å². The Bertz CT molecular complexity index is 494. The summed E-state index contributed by atoms with van der Waals surface area (Å²) in [5, 5.41) is 0. The van der Waals surface area contributed by atoms with E-state index >= 15 is 0 Å². The summed E-state index contributed by atoms with van der Waals surface area (Å²) in [6, 6.07) is 0. The molecule has 1 nitrogen and oxygen atoms in total. The number of hydrogen-bond acceptors (Lipinski definition) is 1. The molecule has 0 heterocycles. The van der Waals surface area contributed by atoms with Gasteiger partial charge in [0.2, 0.25) is 0 Å². The van der Waals surface area contributed by atoms with Gasteiger partial charge in [-0.05, 0) is 44.3 Å².